The van der Waals surface area contributed by atoms with Crippen LogP contribution in [0.25, 0.3) is 0 Å². The van der Waals surface area contributed by atoms with Crippen LogP contribution >= 0.6 is 0 Å². The summed E-state index contributed by atoms with van der Waals surface area (Å²) in [5.41, 5.74) is 0. The molecule has 0 amide bonds. The van der Waals surface area contributed by atoms with Crippen molar-refractivity contribution in [2.24, 2.45) is 11.8 Å². The minimum absolute atomic E-state index is 0.0349. The van der Waals surface area contributed by atoms with Gasteiger partial charge >= 0.3 is 5.97 Å². The second kappa shape index (κ2) is 3.72. The number of aliphatic hydroxyl groups is 1. The van der Waals surface area contributed by atoms with Gasteiger partial charge < -0.3 is 9.84 Å². The van der Waals surface area contributed by atoms with Gasteiger partial charge in [-0.3, -0.25) is 4.79 Å². The van der Waals surface area contributed by atoms with Crippen molar-refractivity contribution in [3.63, 3.8) is 0 Å². The van der Waals surface area contributed by atoms with Crippen molar-refractivity contribution < 1.29 is 14.6 Å². The Morgan fingerprint density at radius 3 is 3.08 bits per heavy atom. The van der Waals surface area contributed by atoms with Crippen LogP contribution in [0, 0.1) is 11.8 Å². The maximum Gasteiger partial charge on any atom is 0.311 e. The molecule has 0 unspecified atom stereocenters. The normalized spacial score (nSPS) is 35.8. The third-order valence-corrected chi connectivity index (χ3v) is 2.21. The number of rotatable bonds is 2. The largest absolute Gasteiger partial charge is 0.465 e. The van der Waals surface area contributed by atoms with Gasteiger partial charge in [0.05, 0.1) is 18.6 Å². The summed E-state index contributed by atoms with van der Waals surface area (Å²) >= 11 is 0. The van der Waals surface area contributed by atoms with E-state index in [0.717, 1.165) is 0 Å². The molecule has 1 rings (SSSR count). The monoisotopic (exact) mass is 170 g/mol. The number of cyclic esters (lactones) is 1. The molecule has 0 aliphatic carbocycles. The van der Waals surface area contributed by atoms with Gasteiger partial charge in [-0.1, -0.05) is 13.0 Å². The van der Waals surface area contributed by atoms with Gasteiger partial charge in [-0.25, -0.2) is 0 Å². The smallest absolute Gasteiger partial charge is 0.311 e. The fourth-order valence-corrected chi connectivity index (χ4v) is 1.37. The second-order valence-corrected chi connectivity index (χ2v) is 3.23. The highest BCUT2D eigenvalue weighted by Gasteiger charge is 2.35. The van der Waals surface area contributed by atoms with Crippen molar-refractivity contribution in [2.75, 3.05) is 6.61 Å². The van der Waals surface area contributed by atoms with Gasteiger partial charge in [-0.15, -0.1) is 6.58 Å². The summed E-state index contributed by atoms with van der Waals surface area (Å²) in [6, 6.07) is 0. The highest BCUT2D eigenvalue weighted by Crippen LogP contribution is 2.23. The van der Waals surface area contributed by atoms with E-state index in [4.69, 9.17) is 4.74 Å². The highest BCUT2D eigenvalue weighted by atomic mass is 16.5. The summed E-state index contributed by atoms with van der Waals surface area (Å²) in [6.07, 6.45) is 1.54. The zero-order valence-electron chi connectivity index (χ0n) is 7.19. The average molecular weight is 170 g/mol. The summed E-state index contributed by atoms with van der Waals surface area (Å²) in [5, 5.41) is 9.59. The van der Waals surface area contributed by atoms with Crippen LogP contribution in [0.4, 0.5) is 0 Å². The average Bonchev–Trinajstić information content (AvgIpc) is 2.06. The molecular weight excluding hydrogens is 156 g/mol. The first-order valence-corrected chi connectivity index (χ1v) is 4.12. The fraction of sp³-hybridized carbons (Fsp3) is 0.667. The molecule has 1 heterocycles. The van der Waals surface area contributed by atoms with Gasteiger partial charge in [0.25, 0.3) is 0 Å². The third-order valence-electron chi connectivity index (χ3n) is 2.21. The Morgan fingerprint density at radius 2 is 2.50 bits per heavy atom. The van der Waals surface area contributed by atoms with Crippen molar-refractivity contribution in [2.45, 2.75) is 19.4 Å². The topological polar surface area (TPSA) is 46.5 Å². The molecule has 1 N–H and O–H groups in total. The van der Waals surface area contributed by atoms with E-state index in [0.29, 0.717) is 13.0 Å². The molecule has 1 aliphatic rings. The number of carbonyl (C=O) groups is 1. The number of esters is 1. The summed E-state index contributed by atoms with van der Waals surface area (Å²) in [7, 11) is 0. The van der Waals surface area contributed by atoms with Crippen LogP contribution in [0.2, 0.25) is 0 Å². The van der Waals surface area contributed by atoms with E-state index in [-0.39, 0.29) is 11.9 Å². The van der Waals surface area contributed by atoms with E-state index in [1.54, 1.807) is 6.08 Å². The lowest BCUT2D eigenvalue weighted by atomic mass is 9.88. The molecule has 0 aromatic rings. The predicted octanol–water partition coefficient (Wildman–Crippen LogP) is 0.732. The van der Waals surface area contributed by atoms with E-state index in [1.807, 2.05) is 6.92 Å². The first-order chi connectivity index (χ1) is 5.66. The zero-order valence-corrected chi connectivity index (χ0v) is 7.19. The SMILES string of the molecule is C=CC[C@@H]1C(=O)OC[C@@H](C)[C@@H]1O. The molecule has 12 heavy (non-hydrogen) atoms. The molecule has 0 saturated carbocycles. The van der Waals surface area contributed by atoms with Gasteiger partial charge in [0.2, 0.25) is 0 Å². The van der Waals surface area contributed by atoms with Crippen molar-refractivity contribution >= 4 is 5.97 Å². The highest BCUT2D eigenvalue weighted by molar-refractivity contribution is 5.74. The molecule has 0 aromatic heterocycles. The Hall–Kier alpha value is -0.830. The Labute approximate surface area is 72.0 Å². The minimum Gasteiger partial charge on any atom is -0.465 e. The Kier molecular flexibility index (Phi) is 2.87. The van der Waals surface area contributed by atoms with Crippen LogP contribution in [-0.4, -0.2) is 23.8 Å². The molecule has 0 aromatic carbocycles. The zero-order chi connectivity index (χ0) is 9.14. The first kappa shape index (κ1) is 9.26. The maximum absolute atomic E-state index is 11.1. The Morgan fingerprint density at radius 1 is 1.83 bits per heavy atom. The molecule has 0 radical (unpaired) electrons. The van der Waals surface area contributed by atoms with E-state index >= 15 is 0 Å². The summed E-state index contributed by atoms with van der Waals surface area (Å²) in [6.45, 7) is 5.73. The van der Waals surface area contributed by atoms with Crippen molar-refractivity contribution in [1.29, 1.82) is 0 Å². The molecule has 1 aliphatic heterocycles. The number of ether oxygens (including phenoxy) is 1. The number of aliphatic hydroxyl groups excluding tert-OH is 1. The lowest BCUT2D eigenvalue weighted by molar-refractivity contribution is -0.166. The molecule has 1 saturated heterocycles. The van der Waals surface area contributed by atoms with Gasteiger partial charge in [0, 0.05) is 5.92 Å². The van der Waals surface area contributed by atoms with Crippen LogP contribution in [0.5, 0.6) is 0 Å². The molecular formula is C9H14O3. The minimum atomic E-state index is -0.579. The van der Waals surface area contributed by atoms with Crippen LogP contribution in [0.15, 0.2) is 12.7 Å². The van der Waals surface area contributed by atoms with Crippen molar-refractivity contribution in [1.82, 2.24) is 0 Å². The van der Waals surface area contributed by atoms with Crippen molar-refractivity contribution in [3.05, 3.63) is 12.7 Å². The number of hydrogen-bond acceptors (Lipinski definition) is 3. The molecule has 0 spiro atoms. The number of allylic oxidation sites excluding steroid dienone is 1. The van der Waals surface area contributed by atoms with Gasteiger partial charge in [-0.2, -0.15) is 0 Å². The number of hydrogen-bond donors (Lipinski definition) is 1. The van der Waals surface area contributed by atoms with Crippen LogP contribution < -0.4 is 0 Å². The maximum atomic E-state index is 11.1. The van der Waals surface area contributed by atoms with Gasteiger partial charge in [0.1, 0.15) is 0 Å². The lowest BCUT2D eigenvalue weighted by Gasteiger charge is -2.30. The molecule has 3 nitrogen and oxygen atoms in total. The van der Waals surface area contributed by atoms with Crippen molar-refractivity contribution in [3.8, 4) is 0 Å². The van der Waals surface area contributed by atoms with E-state index in [1.165, 1.54) is 0 Å². The first-order valence-electron chi connectivity index (χ1n) is 4.12. The molecule has 1 fully saturated rings. The van der Waals surface area contributed by atoms with Gasteiger partial charge in [-0.05, 0) is 6.42 Å². The lowest BCUT2D eigenvalue weighted by Crippen LogP contribution is -2.41. The van der Waals surface area contributed by atoms with E-state index in [9.17, 15) is 9.90 Å². The molecule has 3 heteroatoms. The second-order valence-electron chi connectivity index (χ2n) is 3.23. The summed E-state index contributed by atoms with van der Waals surface area (Å²) < 4.78 is 4.88. The predicted molar refractivity (Wildman–Crippen MR) is 44.4 cm³/mol. The Balaban J connectivity index is 2.64. The summed E-state index contributed by atoms with van der Waals surface area (Å²) in [4.78, 5) is 11.1. The molecule has 0 bridgehead atoms. The quantitative estimate of drug-likeness (QED) is 0.491. The van der Waals surface area contributed by atoms with E-state index in [2.05, 4.69) is 6.58 Å². The molecule has 68 valence electrons. The van der Waals surface area contributed by atoms with E-state index < -0.39 is 12.0 Å². The Bertz CT molecular complexity index is 188. The molecule has 3 atom stereocenters. The summed E-state index contributed by atoms with van der Waals surface area (Å²) in [5.74, 6) is -0.681. The third kappa shape index (κ3) is 1.67. The number of carbonyl (C=O) groups excluding carboxylic acids is 1. The van der Waals surface area contributed by atoms with Crippen LogP contribution in [0.3, 0.4) is 0 Å². The van der Waals surface area contributed by atoms with Crippen LogP contribution in [0.1, 0.15) is 13.3 Å². The van der Waals surface area contributed by atoms with Crippen LogP contribution in [-0.2, 0) is 9.53 Å². The fourth-order valence-electron chi connectivity index (χ4n) is 1.37. The standard InChI is InChI=1S/C9H14O3/c1-3-4-7-8(10)6(2)5-12-9(7)11/h3,6-8,10H,1,4-5H2,2H3/t6-,7+,8+/m1/s1. The van der Waals surface area contributed by atoms with Gasteiger partial charge in [0.15, 0.2) is 0 Å².